The summed E-state index contributed by atoms with van der Waals surface area (Å²) in [6.45, 7) is 9.44. The maximum atomic E-state index is 13.0. The number of fused-ring (bicyclic) bond motifs is 1. The molecule has 1 atom stereocenters. The molecule has 1 aromatic carbocycles. The first kappa shape index (κ1) is 23.2. The first-order valence-corrected chi connectivity index (χ1v) is 13.3. The smallest absolute Gasteiger partial charge is 0.255 e. The van der Waals surface area contributed by atoms with Crippen LogP contribution in [0.1, 0.15) is 71.5 Å². The van der Waals surface area contributed by atoms with Crippen LogP contribution in [0.25, 0.3) is 0 Å². The molecule has 1 unspecified atom stereocenters. The molecule has 0 bridgehead atoms. The summed E-state index contributed by atoms with van der Waals surface area (Å²) in [6.07, 6.45) is 9.97. The summed E-state index contributed by atoms with van der Waals surface area (Å²) < 4.78 is 0. The van der Waals surface area contributed by atoms with Crippen LogP contribution in [0, 0.1) is 0 Å². The predicted octanol–water partition coefficient (Wildman–Crippen LogP) is 3.20. The fourth-order valence-corrected chi connectivity index (χ4v) is 6.12. The molecule has 2 amide bonds. The quantitative estimate of drug-likeness (QED) is 0.699. The molecule has 1 N–H and O–H groups in total. The summed E-state index contributed by atoms with van der Waals surface area (Å²) in [6, 6.07) is 5.89. The molecule has 2 aromatic rings. The number of likely N-dealkylation sites (tertiary alicyclic amines) is 1. The number of carbonyl (C=O) groups excluding carboxylic acids is 2. The largest absolute Gasteiger partial charge is 0.341 e. The number of aromatic nitrogens is 2. The Morgan fingerprint density at radius 3 is 2.47 bits per heavy atom. The maximum Gasteiger partial charge on any atom is 0.255 e. The van der Waals surface area contributed by atoms with Crippen LogP contribution in [0.15, 0.2) is 42.9 Å². The zero-order valence-electron chi connectivity index (χ0n) is 20.8. The van der Waals surface area contributed by atoms with Crippen molar-refractivity contribution in [1.82, 2.24) is 25.1 Å². The molecule has 4 aliphatic rings. The van der Waals surface area contributed by atoms with Crippen molar-refractivity contribution >= 4 is 17.8 Å². The van der Waals surface area contributed by atoms with Crippen LogP contribution in [0.3, 0.4) is 0 Å². The van der Waals surface area contributed by atoms with Gasteiger partial charge in [0.15, 0.2) is 0 Å². The van der Waals surface area contributed by atoms with Gasteiger partial charge in [-0.1, -0.05) is 18.7 Å². The van der Waals surface area contributed by atoms with Gasteiger partial charge in [-0.15, -0.1) is 0 Å². The second-order valence-corrected chi connectivity index (χ2v) is 10.6. The lowest BCUT2D eigenvalue weighted by atomic mass is 9.88. The standard InChI is InChI=1S/C28H34N6O2/c1-19-4-7-25(26(35)31-19)34-18-23-14-22(5-6-24(23)27(34)36)21-8-12-32(13-9-21)17-20-15-29-28(30-16-20)33-10-2-3-11-33/h5-6,14-16,21,25H,1-4,7-13,17-18H2,(H,31,35). The van der Waals surface area contributed by atoms with Crippen LogP contribution >= 0.6 is 0 Å². The lowest BCUT2D eigenvalue weighted by Gasteiger charge is -2.32. The summed E-state index contributed by atoms with van der Waals surface area (Å²) in [5, 5.41) is 2.81. The molecule has 8 nitrogen and oxygen atoms in total. The molecule has 4 aliphatic heterocycles. The summed E-state index contributed by atoms with van der Waals surface area (Å²) in [4.78, 5) is 41.2. The van der Waals surface area contributed by atoms with Crippen LogP contribution in [0.2, 0.25) is 0 Å². The highest BCUT2D eigenvalue weighted by Gasteiger charge is 2.38. The van der Waals surface area contributed by atoms with E-state index in [-0.39, 0.29) is 11.8 Å². The van der Waals surface area contributed by atoms with Crippen LogP contribution in [0.4, 0.5) is 5.95 Å². The third-order valence-electron chi connectivity index (χ3n) is 8.21. The molecule has 5 heterocycles. The van der Waals surface area contributed by atoms with Gasteiger partial charge in [-0.3, -0.25) is 14.5 Å². The number of rotatable bonds is 5. The Balaban J connectivity index is 1.05. The molecule has 6 rings (SSSR count). The number of piperidine rings is 2. The van der Waals surface area contributed by atoms with Gasteiger partial charge in [0.05, 0.1) is 0 Å². The molecule has 36 heavy (non-hydrogen) atoms. The number of amides is 2. The van der Waals surface area contributed by atoms with E-state index in [1.54, 1.807) is 4.90 Å². The van der Waals surface area contributed by atoms with Gasteiger partial charge in [0, 0.05) is 55.4 Å². The van der Waals surface area contributed by atoms with E-state index in [4.69, 9.17) is 0 Å². The highest BCUT2D eigenvalue weighted by Crippen LogP contribution is 2.34. The van der Waals surface area contributed by atoms with Crippen molar-refractivity contribution in [3.05, 3.63) is 65.1 Å². The van der Waals surface area contributed by atoms with Gasteiger partial charge >= 0.3 is 0 Å². The number of hydrogen-bond donors (Lipinski definition) is 1. The Morgan fingerprint density at radius 2 is 1.75 bits per heavy atom. The minimum Gasteiger partial charge on any atom is -0.341 e. The van der Waals surface area contributed by atoms with Crippen LogP contribution in [-0.4, -0.2) is 63.8 Å². The summed E-state index contributed by atoms with van der Waals surface area (Å²) in [7, 11) is 0. The highest BCUT2D eigenvalue weighted by molar-refractivity contribution is 6.01. The molecule has 8 heteroatoms. The molecule has 0 saturated carbocycles. The van der Waals surface area contributed by atoms with Gasteiger partial charge in [0.2, 0.25) is 11.9 Å². The van der Waals surface area contributed by atoms with Crippen molar-refractivity contribution in [1.29, 1.82) is 0 Å². The Morgan fingerprint density at radius 1 is 1.00 bits per heavy atom. The monoisotopic (exact) mass is 486 g/mol. The van der Waals surface area contributed by atoms with E-state index >= 15 is 0 Å². The number of benzene rings is 1. The topological polar surface area (TPSA) is 81.7 Å². The van der Waals surface area contributed by atoms with E-state index in [1.165, 1.54) is 24.0 Å². The second kappa shape index (κ2) is 9.65. The molecule has 0 spiro atoms. The van der Waals surface area contributed by atoms with E-state index in [1.807, 2.05) is 18.5 Å². The first-order valence-electron chi connectivity index (χ1n) is 13.3. The number of anilines is 1. The normalized spacial score (nSPS) is 23.3. The van der Waals surface area contributed by atoms with Gasteiger partial charge in [-0.05, 0) is 74.7 Å². The number of carbonyl (C=O) groups is 2. The zero-order chi connectivity index (χ0) is 24.6. The van der Waals surface area contributed by atoms with Gasteiger partial charge in [0.1, 0.15) is 6.04 Å². The number of nitrogens with zero attached hydrogens (tertiary/aromatic N) is 5. The second-order valence-electron chi connectivity index (χ2n) is 10.6. The predicted molar refractivity (Wildman–Crippen MR) is 137 cm³/mol. The van der Waals surface area contributed by atoms with Crippen molar-refractivity contribution in [2.45, 2.75) is 63.6 Å². The summed E-state index contributed by atoms with van der Waals surface area (Å²) in [5.74, 6) is 1.21. The fraction of sp³-hybridized carbons (Fsp3) is 0.500. The lowest BCUT2D eigenvalue weighted by molar-refractivity contribution is -0.126. The molecule has 0 aliphatic carbocycles. The average molecular weight is 487 g/mol. The minimum atomic E-state index is -0.407. The Hall–Kier alpha value is -3.26. The molecule has 0 radical (unpaired) electrons. The molecule has 3 fully saturated rings. The van der Waals surface area contributed by atoms with Gasteiger partial charge in [0.25, 0.3) is 5.91 Å². The zero-order valence-corrected chi connectivity index (χ0v) is 20.8. The van der Waals surface area contributed by atoms with E-state index in [0.717, 1.165) is 74.8 Å². The Labute approximate surface area is 212 Å². The van der Waals surface area contributed by atoms with Crippen molar-refractivity contribution in [2.75, 3.05) is 31.1 Å². The number of allylic oxidation sites excluding steroid dienone is 1. The molecular formula is C28H34N6O2. The SMILES string of the molecule is C=C1CCC(N2Cc3cc(C4CCN(Cc5cnc(N6CCCC6)nc5)CC4)ccc3C2=O)C(=O)N1. The summed E-state index contributed by atoms with van der Waals surface area (Å²) >= 11 is 0. The molecular weight excluding hydrogens is 452 g/mol. The Kier molecular flexibility index (Phi) is 6.21. The van der Waals surface area contributed by atoms with Gasteiger partial charge in [-0.25, -0.2) is 9.97 Å². The first-order chi connectivity index (χ1) is 17.5. The van der Waals surface area contributed by atoms with Crippen LogP contribution in [0.5, 0.6) is 0 Å². The molecule has 3 saturated heterocycles. The van der Waals surface area contributed by atoms with Crippen molar-refractivity contribution < 1.29 is 9.59 Å². The summed E-state index contributed by atoms with van der Waals surface area (Å²) in [5.41, 5.74) is 5.00. The van der Waals surface area contributed by atoms with E-state index in [0.29, 0.717) is 18.9 Å². The van der Waals surface area contributed by atoms with E-state index in [9.17, 15) is 9.59 Å². The third-order valence-corrected chi connectivity index (χ3v) is 8.21. The number of nitrogens with one attached hydrogen (secondary N) is 1. The van der Waals surface area contributed by atoms with Gasteiger partial charge in [-0.2, -0.15) is 0 Å². The van der Waals surface area contributed by atoms with E-state index < -0.39 is 6.04 Å². The van der Waals surface area contributed by atoms with Crippen LogP contribution in [-0.2, 0) is 17.9 Å². The van der Waals surface area contributed by atoms with Crippen LogP contribution < -0.4 is 10.2 Å². The number of hydrogen-bond acceptors (Lipinski definition) is 6. The fourth-order valence-electron chi connectivity index (χ4n) is 6.12. The average Bonchev–Trinajstić information content (AvgIpc) is 3.54. The molecule has 188 valence electrons. The van der Waals surface area contributed by atoms with Crippen molar-refractivity contribution in [2.24, 2.45) is 0 Å². The van der Waals surface area contributed by atoms with Crippen molar-refractivity contribution in [3.8, 4) is 0 Å². The third kappa shape index (κ3) is 4.50. The maximum absolute atomic E-state index is 13.0. The van der Waals surface area contributed by atoms with E-state index in [2.05, 4.69) is 43.8 Å². The van der Waals surface area contributed by atoms with Crippen molar-refractivity contribution in [3.63, 3.8) is 0 Å². The molecule has 1 aromatic heterocycles. The highest BCUT2D eigenvalue weighted by atomic mass is 16.2. The Bertz CT molecular complexity index is 1170. The minimum absolute atomic E-state index is 0.0306. The van der Waals surface area contributed by atoms with Gasteiger partial charge < -0.3 is 15.1 Å². The lowest BCUT2D eigenvalue weighted by Crippen LogP contribution is -2.49.